The topological polar surface area (TPSA) is 64.0 Å². The summed E-state index contributed by atoms with van der Waals surface area (Å²) in [6.07, 6.45) is 1.84. The fraction of sp³-hybridized carbons (Fsp3) is 0.222. The van der Waals surface area contributed by atoms with Crippen LogP contribution in [0.25, 0.3) is 22.5 Å². The van der Waals surface area contributed by atoms with E-state index in [9.17, 15) is 0 Å². The first-order valence-corrected chi connectivity index (χ1v) is 10.7. The largest absolute Gasteiger partial charge is 0.497 e. The predicted octanol–water partition coefficient (Wildman–Crippen LogP) is 5.31. The minimum absolute atomic E-state index is 0.535. The molecule has 0 radical (unpaired) electrons. The number of hydrogen-bond acceptors (Lipinski definition) is 6. The first kappa shape index (κ1) is 23.0. The average molecular weight is 461 g/mol. The third kappa shape index (κ3) is 4.50. The highest BCUT2D eigenvalue weighted by Crippen LogP contribution is 2.44. The van der Waals surface area contributed by atoms with Gasteiger partial charge in [-0.15, -0.1) is 0 Å². The molecule has 0 aliphatic carbocycles. The quantitative estimate of drug-likeness (QED) is 0.337. The fourth-order valence-electron chi connectivity index (χ4n) is 3.96. The molecule has 4 aromatic rings. The summed E-state index contributed by atoms with van der Waals surface area (Å²) >= 11 is 0. The van der Waals surface area contributed by atoms with Gasteiger partial charge in [-0.1, -0.05) is 30.3 Å². The van der Waals surface area contributed by atoms with Gasteiger partial charge >= 0.3 is 0 Å². The van der Waals surface area contributed by atoms with Crippen molar-refractivity contribution in [3.63, 3.8) is 0 Å². The molecule has 0 saturated heterocycles. The van der Waals surface area contributed by atoms with Crippen molar-refractivity contribution < 1.29 is 23.7 Å². The maximum absolute atomic E-state index is 5.62. The minimum Gasteiger partial charge on any atom is -0.497 e. The molecule has 0 unspecified atom stereocenters. The molecule has 7 nitrogen and oxygen atoms in total. The molecular formula is C27H28N2O5. The van der Waals surface area contributed by atoms with Crippen LogP contribution in [-0.4, -0.2) is 45.1 Å². The van der Waals surface area contributed by atoms with Crippen LogP contribution in [0.4, 0.5) is 0 Å². The maximum atomic E-state index is 5.62. The number of nitrogens with zero attached hydrogens (tertiary/aromatic N) is 2. The van der Waals surface area contributed by atoms with Gasteiger partial charge in [0.2, 0.25) is 5.75 Å². The summed E-state index contributed by atoms with van der Waals surface area (Å²) in [7, 11) is 8.07. The van der Waals surface area contributed by atoms with Gasteiger partial charge in [0.1, 0.15) is 11.5 Å². The van der Waals surface area contributed by atoms with E-state index in [1.165, 1.54) is 0 Å². The lowest BCUT2D eigenvalue weighted by Gasteiger charge is -2.17. The summed E-state index contributed by atoms with van der Waals surface area (Å²) in [6, 6.07) is 19.8. The zero-order valence-electron chi connectivity index (χ0n) is 20.0. The van der Waals surface area contributed by atoms with E-state index < -0.39 is 0 Å². The maximum Gasteiger partial charge on any atom is 0.203 e. The van der Waals surface area contributed by atoms with Crippen molar-refractivity contribution >= 4 is 0 Å². The number of ether oxygens (including phenoxy) is 5. The molecule has 0 aliphatic heterocycles. The first-order valence-electron chi connectivity index (χ1n) is 10.7. The van der Waals surface area contributed by atoms with Crippen LogP contribution in [0.5, 0.6) is 28.7 Å². The molecule has 0 saturated carbocycles. The number of hydrogen-bond donors (Lipinski definition) is 0. The Kier molecular flexibility index (Phi) is 6.92. The lowest BCUT2D eigenvalue weighted by molar-refractivity contribution is 0.324. The highest BCUT2D eigenvalue weighted by atomic mass is 16.5. The molecule has 0 aliphatic rings. The monoisotopic (exact) mass is 460 g/mol. The smallest absolute Gasteiger partial charge is 0.203 e. The molecule has 0 spiro atoms. The van der Waals surface area contributed by atoms with Gasteiger partial charge in [0, 0.05) is 23.7 Å². The standard InChI is InChI=1S/C27H28N2O5/c1-30-21-11-19(12-22(15-21)31-2)25-26(29(17-28-25)16-18-9-7-6-8-10-18)20-13-23(32-3)27(34-5)24(14-20)33-4/h6-15,17H,16H2,1-5H3. The van der Waals surface area contributed by atoms with Crippen LogP contribution < -0.4 is 23.7 Å². The first-order chi connectivity index (χ1) is 16.6. The van der Waals surface area contributed by atoms with Gasteiger partial charge in [0.05, 0.1) is 53.3 Å². The molecule has 3 aromatic carbocycles. The molecule has 1 aromatic heterocycles. The second kappa shape index (κ2) is 10.2. The van der Waals surface area contributed by atoms with E-state index in [1.54, 1.807) is 35.5 Å². The molecule has 34 heavy (non-hydrogen) atoms. The molecule has 4 rings (SSSR count). The highest BCUT2D eigenvalue weighted by molar-refractivity contribution is 5.82. The molecule has 0 bridgehead atoms. The fourth-order valence-corrected chi connectivity index (χ4v) is 3.96. The Hall–Kier alpha value is -4.13. The average Bonchev–Trinajstić information content (AvgIpc) is 3.31. The van der Waals surface area contributed by atoms with E-state index in [0.29, 0.717) is 35.3 Å². The third-order valence-corrected chi connectivity index (χ3v) is 5.60. The van der Waals surface area contributed by atoms with Crippen LogP contribution >= 0.6 is 0 Å². The predicted molar refractivity (Wildman–Crippen MR) is 131 cm³/mol. The number of aromatic nitrogens is 2. The van der Waals surface area contributed by atoms with Gasteiger partial charge < -0.3 is 28.3 Å². The van der Waals surface area contributed by atoms with Crippen LogP contribution in [-0.2, 0) is 6.54 Å². The number of imidazole rings is 1. The lowest BCUT2D eigenvalue weighted by Crippen LogP contribution is -2.02. The lowest BCUT2D eigenvalue weighted by atomic mass is 10.0. The van der Waals surface area contributed by atoms with Gasteiger partial charge in [-0.2, -0.15) is 0 Å². The zero-order chi connectivity index (χ0) is 24.1. The third-order valence-electron chi connectivity index (χ3n) is 5.60. The summed E-state index contributed by atoms with van der Waals surface area (Å²) < 4.78 is 29.9. The molecular weight excluding hydrogens is 432 g/mol. The van der Waals surface area contributed by atoms with Gasteiger partial charge in [-0.3, -0.25) is 0 Å². The molecule has 0 atom stereocenters. The molecule has 7 heteroatoms. The molecule has 1 heterocycles. The molecule has 0 N–H and O–H groups in total. The van der Waals surface area contributed by atoms with E-state index in [4.69, 9.17) is 28.7 Å². The van der Waals surface area contributed by atoms with Crippen molar-refractivity contribution in [2.24, 2.45) is 0 Å². The second-order valence-electron chi connectivity index (χ2n) is 7.57. The Morgan fingerprint density at radius 3 is 1.82 bits per heavy atom. The Balaban J connectivity index is 1.95. The van der Waals surface area contributed by atoms with Crippen molar-refractivity contribution in [3.8, 4) is 51.3 Å². The van der Waals surface area contributed by atoms with Crippen molar-refractivity contribution in [3.05, 3.63) is 72.6 Å². The van der Waals surface area contributed by atoms with Gasteiger partial charge in [-0.25, -0.2) is 4.98 Å². The second-order valence-corrected chi connectivity index (χ2v) is 7.57. The van der Waals surface area contributed by atoms with Crippen molar-refractivity contribution in [1.29, 1.82) is 0 Å². The SMILES string of the molecule is COc1cc(OC)cc(-c2ncn(Cc3ccccc3)c2-c2cc(OC)c(OC)c(OC)c2)c1. The van der Waals surface area contributed by atoms with Crippen LogP contribution in [0.1, 0.15) is 5.56 Å². The van der Waals surface area contributed by atoms with Crippen LogP contribution in [0, 0.1) is 0 Å². The van der Waals surface area contributed by atoms with Crippen molar-refractivity contribution in [2.45, 2.75) is 6.54 Å². The van der Waals surface area contributed by atoms with Crippen molar-refractivity contribution in [2.75, 3.05) is 35.5 Å². The molecule has 0 amide bonds. The zero-order valence-corrected chi connectivity index (χ0v) is 20.0. The molecule has 176 valence electrons. The Morgan fingerprint density at radius 2 is 1.29 bits per heavy atom. The van der Waals surface area contributed by atoms with Gasteiger partial charge in [0.15, 0.2) is 11.5 Å². The summed E-state index contributed by atoms with van der Waals surface area (Å²) in [4.78, 5) is 4.80. The van der Waals surface area contributed by atoms with E-state index in [2.05, 4.69) is 16.7 Å². The minimum atomic E-state index is 0.535. The Bertz CT molecular complexity index is 1220. The summed E-state index contributed by atoms with van der Waals surface area (Å²) in [5.74, 6) is 3.04. The molecule has 0 fully saturated rings. The summed E-state index contributed by atoms with van der Waals surface area (Å²) in [5.41, 5.74) is 4.58. The highest BCUT2D eigenvalue weighted by Gasteiger charge is 2.21. The van der Waals surface area contributed by atoms with E-state index in [0.717, 1.165) is 28.1 Å². The number of rotatable bonds is 9. The summed E-state index contributed by atoms with van der Waals surface area (Å²) in [6.45, 7) is 0.640. The Labute approximate surface area is 199 Å². The number of methoxy groups -OCH3 is 5. The summed E-state index contributed by atoms with van der Waals surface area (Å²) in [5, 5.41) is 0. The van der Waals surface area contributed by atoms with Crippen molar-refractivity contribution in [1.82, 2.24) is 9.55 Å². The van der Waals surface area contributed by atoms with Crippen LogP contribution in [0.2, 0.25) is 0 Å². The van der Waals surface area contributed by atoms with E-state index >= 15 is 0 Å². The number of benzene rings is 3. The van der Waals surface area contributed by atoms with Crippen LogP contribution in [0.15, 0.2) is 67.0 Å². The Morgan fingerprint density at radius 1 is 0.676 bits per heavy atom. The normalized spacial score (nSPS) is 10.6. The van der Waals surface area contributed by atoms with E-state index in [1.807, 2.05) is 54.9 Å². The van der Waals surface area contributed by atoms with E-state index in [-0.39, 0.29) is 0 Å². The van der Waals surface area contributed by atoms with Gasteiger partial charge in [-0.05, 0) is 29.8 Å². The van der Waals surface area contributed by atoms with Crippen LogP contribution in [0.3, 0.4) is 0 Å². The van der Waals surface area contributed by atoms with Gasteiger partial charge in [0.25, 0.3) is 0 Å².